The zero-order valence-electron chi connectivity index (χ0n) is 16.3. The van der Waals surface area contributed by atoms with Crippen LogP contribution in [0, 0.1) is 4.91 Å². The van der Waals surface area contributed by atoms with Crippen LogP contribution in [-0.4, -0.2) is 64.4 Å². The lowest BCUT2D eigenvalue weighted by Crippen LogP contribution is -2.45. The Morgan fingerprint density at radius 3 is 2.83 bits per heavy atom. The van der Waals surface area contributed by atoms with E-state index in [2.05, 4.69) is 27.1 Å². The van der Waals surface area contributed by atoms with Gasteiger partial charge in [-0.3, -0.25) is 4.79 Å². The van der Waals surface area contributed by atoms with E-state index < -0.39 is 36.7 Å². The molecule has 0 saturated carbocycles. The number of aliphatic hydroxyl groups is 2. The first-order chi connectivity index (χ1) is 14.0. The van der Waals surface area contributed by atoms with E-state index in [-0.39, 0.29) is 18.9 Å². The van der Waals surface area contributed by atoms with E-state index >= 15 is 0 Å². The molecule has 2 rings (SSSR count). The molecule has 2 heterocycles. The minimum atomic E-state index is -1.97. The maximum absolute atomic E-state index is 12.0. The molecule has 2 aliphatic rings. The van der Waals surface area contributed by atoms with Crippen molar-refractivity contribution < 1.29 is 24.5 Å². The van der Waals surface area contributed by atoms with Crippen molar-refractivity contribution in [1.82, 2.24) is 4.90 Å². The third-order valence-corrected chi connectivity index (χ3v) is 4.77. The fourth-order valence-electron chi connectivity index (χ4n) is 3.11. The van der Waals surface area contributed by atoms with Crippen LogP contribution < -0.4 is 0 Å². The fourth-order valence-corrected chi connectivity index (χ4v) is 3.11. The molecule has 0 aliphatic carbocycles. The maximum atomic E-state index is 12.0. The Labute approximate surface area is 167 Å². The number of nitroso groups, excluding NO2 is 1. The molecule has 0 radical (unpaired) electrons. The summed E-state index contributed by atoms with van der Waals surface area (Å²) in [7, 11) is 0. The van der Waals surface area contributed by atoms with Gasteiger partial charge in [-0.2, -0.15) is 0 Å². The Morgan fingerprint density at radius 2 is 2.21 bits per heavy atom. The van der Waals surface area contributed by atoms with Gasteiger partial charge >= 0.3 is 5.97 Å². The molecule has 1 fully saturated rings. The first-order valence-electron chi connectivity index (χ1n) is 9.55. The van der Waals surface area contributed by atoms with E-state index in [0.29, 0.717) is 6.42 Å². The van der Waals surface area contributed by atoms with E-state index in [4.69, 9.17) is 15.0 Å². The second kappa shape index (κ2) is 10.9. The summed E-state index contributed by atoms with van der Waals surface area (Å²) in [6.07, 6.45) is 3.51. The predicted molar refractivity (Wildman–Crippen MR) is 102 cm³/mol. The molecule has 0 aromatic rings. The molecule has 12 nitrogen and oxygen atoms in total. The van der Waals surface area contributed by atoms with Gasteiger partial charge in [0.25, 0.3) is 0 Å². The number of amidine groups is 1. The van der Waals surface area contributed by atoms with Crippen molar-refractivity contribution in [2.24, 2.45) is 15.3 Å². The Bertz CT molecular complexity index is 694. The lowest BCUT2D eigenvalue weighted by Gasteiger charge is -2.30. The summed E-state index contributed by atoms with van der Waals surface area (Å²) in [5.74, 6) is -0.532. The van der Waals surface area contributed by atoms with Gasteiger partial charge in [-0.15, -0.1) is 4.91 Å². The van der Waals surface area contributed by atoms with E-state index in [1.54, 1.807) is 0 Å². The number of ether oxygens (including phenoxy) is 2. The third kappa shape index (κ3) is 5.73. The number of carbonyl (C=O) groups is 1. The van der Waals surface area contributed by atoms with Crippen molar-refractivity contribution in [3.8, 4) is 0 Å². The number of hydrogen-bond donors (Lipinski definition) is 2. The molecule has 0 bridgehead atoms. The van der Waals surface area contributed by atoms with Gasteiger partial charge in [-0.1, -0.05) is 37.7 Å². The number of nitrogens with zero attached hydrogens (tertiary/aromatic N) is 6. The number of azide groups is 1. The molecular weight excluding hydrogens is 384 g/mol. The van der Waals surface area contributed by atoms with Crippen LogP contribution >= 0.6 is 0 Å². The van der Waals surface area contributed by atoms with Crippen LogP contribution in [0.2, 0.25) is 0 Å². The summed E-state index contributed by atoms with van der Waals surface area (Å²) in [5, 5.41) is 27.0. The Morgan fingerprint density at radius 1 is 1.45 bits per heavy atom. The largest absolute Gasteiger partial charge is 0.462 e. The number of aliphatic imine (C=N–C) groups is 1. The van der Waals surface area contributed by atoms with Gasteiger partial charge in [0.1, 0.15) is 25.5 Å². The van der Waals surface area contributed by atoms with E-state index in [9.17, 15) is 19.9 Å². The summed E-state index contributed by atoms with van der Waals surface area (Å²) in [4.78, 5) is 30.4. The van der Waals surface area contributed by atoms with Gasteiger partial charge in [-0.25, -0.2) is 4.99 Å². The summed E-state index contributed by atoms with van der Waals surface area (Å²) in [6.45, 7) is 1.50. The first kappa shape index (κ1) is 22.8. The number of aliphatic hydroxyl groups excluding tert-OH is 2. The zero-order chi connectivity index (χ0) is 21.3. The minimum Gasteiger partial charge on any atom is -0.462 e. The summed E-state index contributed by atoms with van der Waals surface area (Å²) in [5.41, 5.74) is 6.92. The second-order valence-electron chi connectivity index (χ2n) is 6.88. The van der Waals surface area contributed by atoms with E-state index in [1.165, 1.54) is 17.2 Å². The van der Waals surface area contributed by atoms with E-state index in [0.717, 1.165) is 25.7 Å². The monoisotopic (exact) mass is 410 g/mol. The first-order valence-corrected chi connectivity index (χ1v) is 9.55. The maximum Gasteiger partial charge on any atom is 0.305 e. The Balaban J connectivity index is 1.97. The minimum absolute atomic E-state index is 0.0246. The third-order valence-electron chi connectivity index (χ3n) is 4.77. The van der Waals surface area contributed by atoms with Crippen molar-refractivity contribution in [3.05, 3.63) is 27.6 Å². The lowest BCUT2D eigenvalue weighted by atomic mass is 10.1. The highest BCUT2D eigenvalue weighted by Crippen LogP contribution is 2.35. The number of esters is 1. The van der Waals surface area contributed by atoms with Crippen LogP contribution in [0.4, 0.5) is 0 Å². The predicted octanol–water partition coefficient (Wildman–Crippen LogP) is 1.93. The van der Waals surface area contributed by atoms with Crippen LogP contribution in [-0.2, 0) is 14.3 Å². The second-order valence-corrected chi connectivity index (χ2v) is 6.88. The average molecular weight is 410 g/mol. The standard InChI is InChI=1S/C17H26N6O6/c1-2-3-4-5-6-7-13(24)28-10-17(21-22-18)15(26)14(25)16(29-17)23-9-8-12(20-27)19-11-23/h8-9,14-16,25-26H,2-7,10-11H2,1H3/t14-,15+,16+,17-/m1/s1. The molecule has 0 amide bonds. The van der Waals surface area contributed by atoms with Gasteiger partial charge in [-0.05, 0) is 17.1 Å². The highest BCUT2D eigenvalue weighted by molar-refractivity contribution is 5.93. The molecule has 2 aliphatic heterocycles. The van der Waals surface area contributed by atoms with Crippen molar-refractivity contribution in [3.63, 3.8) is 0 Å². The smallest absolute Gasteiger partial charge is 0.305 e. The van der Waals surface area contributed by atoms with E-state index in [1.807, 2.05) is 0 Å². The quantitative estimate of drug-likeness (QED) is 0.138. The average Bonchev–Trinajstić information content (AvgIpc) is 2.98. The van der Waals surface area contributed by atoms with Crippen LogP contribution in [0.5, 0.6) is 0 Å². The van der Waals surface area contributed by atoms with Crippen molar-refractivity contribution >= 4 is 11.8 Å². The highest BCUT2D eigenvalue weighted by atomic mass is 16.6. The zero-order valence-corrected chi connectivity index (χ0v) is 16.3. The Hall–Kier alpha value is -2.53. The molecule has 0 unspecified atom stereocenters. The topological polar surface area (TPSA) is 170 Å². The summed E-state index contributed by atoms with van der Waals surface area (Å²) < 4.78 is 10.8. The molecule has 2 N–H and O–H groups in total. The lowest BCUT2D eigenvalue weighted by molar-refractivity contribution is -0.168. The normalized spacial score (nSPS) is 28.6. The van der Waals surface area contributed by atoms with Gasteiger partial charge < -0.3 is 24.6 Å². The molecule has 160 valence electrons. The Kier molecular flexibility index (Phi) is 8.52. The van der Waals surface area contributed by atoms with Crippen molar-refractivity contribution in [2.45, 2.75) is 69.6 Å². The fraction of sp³-hybridized carbons (Fsp3) is 0.765. The molecule has 29 heavy (non-hydrogen) atoms. The number of hydrogen-bond acceptors (Lipinski definition) is 10. The molecule has 0 aromatic carbocycles. The van der Waals surface area contributed by atoms with Gasteiger partial charge in [0, 0.05) is 23.6 Å². The van der Waals surface area contributed by atoms with Crippen LogP contribution in [0.15, 0.2) is 27.6 Å². The summed E-state index contributed by atoms with van der Waals surface area (Å²) in [6, 6.07) is 0. The number of carbonyl (C=O) groups excluding carboxylic acids is 1. The van der Waals surface area contributed by atoms with Crippen molar-refractivity contribution in [1.29, 1.82) is 0 Å². The van der Waals surface area contributed by atoms with Gasteiger partial charge in [0.2, 0.25) is 5.72 Å². The van der Waals surface area contributed by atoms with Crippen LogP contribution in [0.25, 0.3) is 10.4 Å². The molecule has 0 spiro atoms. The SMILES string of the molecule is CCCCCCCC(=O)OC[C@@]1(N=[N+]=[N-])O[C@H](N2C=CC(N=O)=NC2)[C@H](O)[C@@H]1O. The van der Waals surface area contributed by atoms with Crippen molar-refractivity contribution in [2.75, 3.05) is 13.3 Å². The van der Waals surface area contributed by atoms with Gasteiger partial charge in [0.15, 0.2) is 12.1 Å². The highest BCUT2D eigenvalue weighted by Gasteiger charge is 2.56. The molecular formula is C17H26N6O6. The summed E-state index contributed by atoms with van der Waals surface area (Å²) >= 11 is 0. The van der Waals surface area contributed by atoms with Crippen LogP contribution in [0.3, 0.4) is 0 Å². The number of rotatable bonds is 10. The molecule has 12 heteroatoms. The molecule has 1 saturated heterocycles. The van der Waals surface area contributed by atoms with Gasteiger partial charge in [0.05, 0.1) is 0 Å². The number of unbranched alkanes of at least 4 members (excludes halogenated alkanes) is 4. The van der Waals surface area contributed by atoms with Crippen LogP contribution in [0.1, 0.15) is 45.4 Å². The molecule has 4 atom stereocenters. The molecule has 0 aromatic heterocycles.